The van der Waals surface area contributed by atoms with Gasteiger partial charge in [0.1, 0.15) is 0 Å². The minimum absolute atomic E-state index is 0.314. The molecule has 0 aliphatic rings. The number of thioether (sulfide) groups is 1. The molecule has 0 fully saturated rings. The number of benzene rings is 2. The average Bonchev–Trinajstić information content (AvgIpc) is 3.08. The Bertz CT molecular complexity index is 966. The van der Waals surface area contributed by atoms with Gasteiger partial charge in [0.15, 0.2) is 10.7 Å². The molecule has 0 saturated heterocycles. The number of H-pyrrole nitrogens is 1. The molecule has 1 N–H and O–H groups in total. The van der Waals surface area contributed by atoms with Crippen LogP contribution in [0.15, 0.2) is 62.9 Å². The van der Waals surface area contributed by atoms with Gasteiger partial charge in [-0.05, 0) is 24.3 Å². The summed E-state index contributed by atoms with van der Waals surface area (Å²) in [6.45, 7) is 0.581. The highest BCUT2D eigenvalue weighted by Crippen LogP contribution is 2.20. The summed E-state index contributed by atoms with van der Waals surface area (Å²) in [5.74, 6) is 0.426. The summed E-state index contributed by atoms with van der Waals surface area (Å²) in [6, 6.07) is 15.4. The predicted molar refractivity (Wildman–Crippen MR) is 87.3 cm³/mol. The van der Waals surface area contributed by atoms with E-state index in [1.54, 1.807) is 22.4 Å². The number of para-hydroxylation sites is 4. The third kappa shape index (κ3) is 2.31. The molecule has 2 aromatic heterocycles. The number of nitrogens with one attached hydrogen (secondary N) is 1. The zero-order valence-corrected chi connectivity index (χ0v) is 12.5. The topological polar surface area (TPSA) is 63.8 Å². The second-order valence-electron chi connectivity index (χ2n) is 4.89. The fourth-order valence-electron chi connectivity index (χ4n) is 2.46. The van der Waals surface area contributed by atoms with Crippen LogP contribution in [0.4, 0.5) is 0 Å². The van der Waals surface area contributed by atoms with Gasteiger partial charge in [0.2, 0.25) is 0 Å². The molecule has 0 spiro atoms. The maximum Gasteiger partial charge on any atom is 0.419 e. The molecule has 6 heteroatoms. The number of nitrogens with zero attached hydrogens (tertiary/aromatic N) is 2. The Morgan fingerprint density at radius 2 is 1.95 bits per heavy atom. The van der Waals surface area contributed by atoms with E-state index in [0.717, 1.165) is 27.5 Å². The van der Waals surface area contributed by atoms with Crippen molar-refractivity contribution in [1.82, 2.24) is 14.5 Å². The summed E-state index contributed by atoms with van der Waals surface area (Å²) in [6.07, 6.45) is 0. The van der Waals surface area contributed by atoms with Crippen LogP contribution in [0.2, 0.25) is 0 Å². The number of hydrogen-bond acceptors (Lipinski definition) is 4. The zero-order chi connectivity index (χ0) is 14.9. The number of hydrogen-bond donors (Lipinski definition) is 1. The van der Waals surface area contributed by atoms with Crippen molar-refractivity contribution in [2.24, 2.45) is 0 Å². The van der Waals surface area contributed by atoms with Gasteiger partial charge in [0.25, 0.3) is 0 Å². The van der Waals surface area contributed by atoms with Crippen LogP contribution in [0.25, 0.3) is 22.1 Å². The lowest BCUT2D eigenvalue weighted by atomic mass is 10.3. The van der Waals surface area contributed by atoms with Gasteiger partial charge in [0, 0.05) is 12.3 Å². The summed E-state index contributed by atoms with van der Waals surface area (Å²) in [5.41, 5.74) is 3.44. The zero-order valence-electron chi connectivity index (χ0n) is 11.7. The summed E-state index contributed by atoms with van der Waals surface area (Å²) in [4.78, 5) is 19.7. The van der Waals surface area contributed by atoms with E-state index < -0.39 is 0 Å². The van der Waals surface area contributed by atoms with Crippen molar-refractivity contribution in [3.05, 3.63) is 59.1 Å². The Balaban J connectivity index is 1.52. The van der Waals surface area contributed by atoms with Crippen molar-refractivity contribution in [3.8, 4) is 0 Å². The lowest BCUT2D eigenvalue weighted by Crippen LogP contribution is -2.15. The monoisotopic (exact) mass is 311 g/mol. The fraction of sp³-hybridized carbons (Fsp3) is 0.125. The van der Waals surface area contributed by atoms with Crippen LogP contribution in [0.1, 0.15) is 0 Å². The van der Waals surface area contributed by atoms with E-state index in [1.807, 2.05) is 42.5 Å². The van der Waals surface area contributed by atoms with E-state index in [4.69, 9.17) is 4.42 Å². The molecule has 0 aliphatic heterocycles. The smallest absolute Gasteiger partial charge is 0.408 e. The van der Waals surface area contributed by atoms with Crippen LogP contribution >= 0.6 is 11.8 Å². The summed E-state index contributed by atoms with van der Waals surface area (Å²) in [5, 5.41) is 0.863. The first kappa shape index (κ1) is 13.2. The van der Waals surface area contributed by atoms with Gasteiger partial charge in [-0.2, -0.15) is 0 Å². The molecular formula is C16H13N3O2S. The number of rotatable bonds is 4. The Hall–Kier alpha value is -2.47. The molecular weight excluding hydrogens is 298 g/mol. The molecule has 22 heavy (non-hydrogen) atoms. The van der Waals surface area contributed by atoms with Gasteiger partial charge >= 0.3 is 5.76 Å². The van der Waals surface area contributed by atoms with E-state index in [2.05, 4.69) is 9.97 Å². The molecule has 5 nitrogen and oxygen atoms in total. The van der Waals surface area contributed by atoms with E-state index >= 15 is 0 Å². The number of aromatic amines is 1. The van der Waals surface area contributed by atoms with E-state index in [0.29, 0.717) is 12.1 Å². The molecule has 0 atom stereocenters. The standard InChI is InChI=1S/C16H13N3O2S/c20-16-19(13-7-3-4-8-14(13)21-16)9-10-22-15-17-11-5-1-2-6-12(11)18-15/h1-8H,9-10H2,(H,17,18). The fourth-order valence-corrected chi connectivity index (χ4v) is 3.27. The van der Waals surface area contributed by atoms with Crippen LogP contribution in [0.5, 0.6) is 0 Å². The highest BCUT2D eigenvalue weighted by molar-refractivity contribution is 7.99. The second-order valence-corrected chi connectivity index (χ2v) is 5.98. The van der Waals surface area contributed by atoms with E-state index in [1.165, 1.54) is 0 Å². The maximum atomic E-state index is 11.9. The summed E-state index contributed by atoms with van der Waals surface area (Å²) >= 11 is 1.59. The number of aromatic nitrogens is 3. The lowest BCUT2D eigenvalue weighted by Gasteiger charge is -2.00. The van der Waals surface area contributed by atoms with Crippen molar-refractivity contribution in [2.75, 3.05) is 5.75 Å². The van der Waals surface area contributed by atoms with Gasteiger partial charge in [-0.1, -0.05) is 36.0 Å². The molecule has 0 bridgehead atoms. The predicted octanol–water partition coefficient (Wildman–Crippen LogP) is 3.26. The first-order valence-electron chi connectivity index (χ1n) is 6.97. The molecule has 0 aliphatic carbocycles. The second kappa shape index (κ2) is 5.38. The van der Waals surface area contributed by atoms with Crippen molar-refractivity contribution in [2.45, 2.75) is 11.7 Å². The van der Waals surface area contributed by atoms with Crippen LogP contribution in [-0.2, 0) is 6.54 Å². The Morgan fingerprint density at radius 3 is 2.86 bits per heavy atom. The highest BCUT2D eigenvalue weighted by Gasteiger charge is 2.09. The molecule has 0 amide bonds. The molecule has 2 heterocycles. The van der Waals surface area contributed by atoms with Gasteiger partial charge in [-0.15, -0.1) is 0 Å². The van der Waals surface area contributed by atoms with Crippen molar-refractivity contribution in [1.29, 1.82) is 0 Å². The molecule has 4 rings (SSSR count). The lowest BCUT2D eigenvalue weighted by molar-refractivity contribution is 0.514. The van der Waals surface area contributed by atoms with Crippen molar-refractivity contribution < 1.29 is 4.42 Å². The molecule has 0 unspecified atom stereocenters. The van der Waals surface area contributed by atoms with Gasteiger partial charge in [-0.3, -0.25) is 4.57 Å². The first-order chi connectivity index (χ1) is 10.8. The summed E-state index contributed by atoms with van der Waals surface area (Å²) < 4.78 is 6.88. The summed E-state index contributed by atoms with van der Waals surface area (Å²) in [7, 11) is 0. The van der Waals surface area contributed by atoms with Crippen LogP contribution < -0.4 is 5.76 Å². The highest BCUT2D eigenvalue weighted by atomic mass is 32.2. The quantitative estimate of drug-likeness (QED) is 0.588. The third-order valence-corrected chi connectivity index (χ3v) is 4.35. The molecule has 0 radical (unpaired) electrons. The minimum atomic E-state index is -0.314. The van der Waals surface area contributed by atoms with Gasteiger partial charge in [-0.25, -0.2) is 9.78 Å². The molecule has 0 saturated carbocycles. The number of aryl methyl sites for hydroxylation is 1. The van der Waals surface area contributed by atoms with Gasteiger partial charge in [0.05, 0.1) is 16.6 Å². The Kier molecular flexibility index (Phi) is 3.23. The number of imidazole rings is 1. The van der Waals surface area contributed by atoms with Crippen LogP contribution in [0, 0.1) is 0 Å². The SMILES string of the molecule is O=c1oc2ccccc2n1CCSc1nc2ccccc2[nH]1. The minimum Gasteiger partial charge on any atom is -0.408 e. The van der Waals surface area contributed by atoms with Crippen LogP contribution in [0.3, 0.4) is 0 Å². The Labute approximate surface area is 130 Å². The normalized spacial score (nSPS) is 11.5. The van der Waals surface area contributed by atoms with Crippen LogP contribution in [-0.4, -0.2) is 20.3 Å². The molecule has 4 aromatic rings. The first-order valence-corrected chi connectivity index (χ1v) is 7.96. The number of oxazole rings is 1. The van der Waals surface area contributed by atoms with Crippen molar-refractivity contribution in [3.63, 3.8) is 0 Å². The van der Waals surface area contributed by atoms with Crippen molar-refractivity contribution >= 4 is 33.9 Å². The van der Waals surface area contributed by atoms with E-state index in [9.17, 15) is 4.79 Å². The molecule has 2 aromatic carbocycles. The van der Waals surface area contributed by atoms with Gasteiger partial charge < -0.3 is 9.40 Å². The molecule has 110 valence electrons. The van der Waals surface area contributed by atoms with E-state index in [-0.39, 0.29) is 5.76 Å². The third-order valence-electron chi connectivity index (χ3n) is 3.50. The maximum absolute atomic E-state index is 11.9. The Morgan fingerprint density at radius 1 is 1.14 bits per heavy atom. The largest absolute Gasteiger partial charge is 0.419 e. The number of fused-ring (bicyclic) bond motifs is 2. The average molecular weight is 311 g/mol.